The highest BCUT2D eigenvalue weighted by atomic mass is 16.2. The van der Waals surface area contributed by atoms with Crippen LogP contribution in [0.1, 0.15) is 33.3 Å². The third-order valence-electron chi connectivity index (χ3n) is 3.58. The standard InChI is InChI=1S/C13H13N3O3/c14-12(18)9-7-16-8-3-1-2-4-15(6-8)13(19)10(16)5-11(9)17/h1-2,5,7-8H,3-4,6H2,(H2,14,18). The van der Waals surface area contributed by atoms with E-state index in [0.717, 1.165) is 6.42 Å². The molecule has 2 aliphatic heterocycles. The van der Waals surface area contributed by atoms with Crippen molar-refractivity contribution in [3.05, 3.63) is 45.9 Å². The van der Waals surface area contributed by atoms with Crippen molar-refractivity contribution in [2.24, 2.45) is 5.73 Å². The zero-order valence-corrected chi connectivity index (χ0v) is 10.2. The maximum absolute atomic E-state index is 12.2. The number of pyridine rings is 1. The average molecular weight is 259 g/mol. The number of hydrogen-bond donors (Lipinski definition) is 1. The summed E-state index contributed by atoms with van der Waals surface area (Å²) in [6.07, 6.45) is 6.13. The van der Waals surface area contributed by atoms with Crippen LogP contribution in [0.5, 0.6) is 0 Å². The molecule has 0 spiro atoms. The Morgan fingerprint density at radius 1 is 1.32 bits per heavy atom. The molecule has 2 bridgehead atoms. The van der Waals surface area contributed by atoms with E-state index in [0.29, 0.717) is 18.8 Å². The van der Waals surface area contributed by atoms with Crippen LogP contribution >= 0.6 is 0 Å². The van der Waals surface area contributed by atoms with Gasteiger partial charge in [0.2, 0.25) is 0 Å². The minimum atomic E-state index is -0.764. The smallest absolute Gasteiger partial charge is 0.270 e. The normalized spacial score (nSPS) is 20.9. The summed E-state index contributed by atoms with van der Waals surface area (Å²) in [6, 6.07) is 1.26. The van der Waals surface area contributed by atoms with E-state index < -0.39 is 11.3 Å². The van der Waals surface area contributed by atoms with Crippen molar-refractivity contribution in [2.45, 2.75) is 12.5 Å². The van der Waals surface area contributed by atoms with Crippen LogP contribution in [-0.4, -0.2) is 34.4 Å². The van der Waals surface area contributed by atoms with Gasteiger partial charge in [-0.15, -0.1) is 0 Å². The molecule has 1 aromatic heterocycles. The Bertz CT molecular complexity index is 660. The summed E-state index contributed by atoms with van der Waals surface area (Å²) in [5.74, 6) is -0.949. The molecule has 0 radical (unpaired) electrons. The van der Waals surface area contributed by atoms with Gasteiger partial charge in [-0.3, -0.25) is 14.4 Å². The van der Waals surface area contributed by atoms with Crippen LogP contribution in [0.15, 0.2) is 29.2 Å². The molecule has 3 heterocycles. The SMILES string of the molecule is NC(=O)c1cn2c(cc1=O)C(=O)N1CC=CCC2C1. The molecular weight excluding hydrogens is 246 g/mol. The maximum atomic E-state index is 12.2. The Hall–Kier alpha value is -2.37. The van der Waals surface area contributed by atoms with Gasteiger partial charge in [-0.2, -0.15) is 0 Å². The van der Waals surface area contributed by atoms with Gasteiger partial charge in [0.25, 0.3) is 11.8 Å². The van der Waals surface area contributed by atoms with E-state index >= 15 is 0 Å². The quantitative estimate of drug-likeness (QED) is 0.715. The molecule has 3 rings (SSSR count). The molecule has 0 fully saturated rings. The highest BCUT2D eigenvalue weighted by molar-refractivity contribution is 5.96. The van der Waals surface area contributed by atoms with Crippen LogP contribution in [0.2, 0.25) is 0 Å². The topological polar surface area (TPSA) is 85.4 Å². The van der Waals surface area contributed by atoms with E-state index in [1.54, 1.807) is 9.47 Å². The van der Waals surface area contributed by atoms with Crippen LogP contribution in [-0.2, 0) is 0 Å². The van der Waals surface area contributed by atoms with Gasteiger partial charge in [-0.05, 0) is 6.42 Å². The summed E-state index contributed by atoms with van der Waals surface area (Å²) >= 11 is 0. The lowest BCUT2D eigenvalue weighted by Crippen LogP contribution is -2.44. The van der Waals surface area contributed by atoms with Gasteiger partial charge in [0.05, 0.1) is 6.04 Å². The van der Waals surface area contributed by atoms with Crippen LogP contribution in [0.25, 0.3) is 0 Å². The summed E-state index contributed by atoms with van der Waals surface area (Å²) in [5.41, 5.74) is 4.94. The molecule has 6 nitrogen and oxygen atoms in total. The fourth-order valence-corrected chi connectivity index (χ4v) is 2.60. The molecule has 2 aliphatic rings. The largest absolute Gasteiger partial charge is 0.365 e. The van der Waals surface area contributed by atoms with Crippen molar-refractivity contribution < 1.29 is 9.59 Å². The maximum Gasteiger partial charge on any atom is 0.270 e. The molecule has 0 saturated carbocycles. The van der Waals surface area contributed by atoms with Crippen molar-refractivity contribution in [1.29, 1.82) is 0 Å². The number of aromatic nitrogens is 1. The van der Waals surface area contributed by atoms with E-state index in [1.165, 1.54) is 12.3 Å². The Morgan fingerprint density at radius 2 is 2.11 bits per heavy atom. The second-order valence-electron chi connectivity index (χ2n) is 4.78. The number of carbonyl (C=O) groups is 2. The third-order valence-corrected chi connectivity index (χ3v) is 3.58. The minimum absolute atomic E-state index is 0.0464. The average Bonchev–Trinajstić information content (AvgIpc) is 2.59. The molecule has 2 N–H and O–H groups in total. The first-order valence-electron chi connectivity index (χ1n) is 6.08. The summed E-state index contributed by atoms with van der Waals surface area (Å²) in [6.45, 7) is 1.14. The fraction of sp³-hybridized carbons (Fsp3) is 0.308. The lowest BCUT2D eigenvalue weighted by Gasteiger charge is -2.34. The van der Waals surface area contributed by atoms with Crippen molar-refractivity contribution in [3.8, 4) is 0 Å². The molecule has 0 aromatic carbocycles. The van der Waals surface area contributed by atoms with Crippen LogP contribution < -0.4 is 11.2 Å². The second-order valence-corrected chi connectivity index (χ2v) is 4.78. The predicted molar refractivity (Wildman–Crippen MR) is 67.9 cm³/mol. The molecular formula is C13H13N3O3. The van der Waals surface area contributed by atoms with Crippen molar-refractivity contribution in [2.75, 3.05) is 13.1 Å². The summed E-state index contributed by atoms with van der Waals surface area (Å²) in [5, 5.41) is 0. The number of carbonyl (C=O) groups excluding carboxylic acids is 2. The van der Waals surface area contributed by atoms with E-state index in [1.807, 2.05) is 12.2 Å². The molecule has 1 unspecified atom stereocenters. The van der Waals surface area contributed by atoms with E-state index in [4.69, 9.17) is 5.73 Å². The van der Waals surface area contributed by atoms with Gasteiger partial charge in [0, 0.05) is 25.4 Å². The third kappa shape index (κ3) is 1.76. The monoisotopic (exact) mass is 259 g/mol. The Kier molecular flexibility index (Phi) is 2.51. The first-order chi connectivity index (χ1) is 9.08. The second kappa shape index (κ2) is 4.08. The molecule has 2 amide bonds. The Balaban J connectivity index is 2.21. The van der Waals surface area contributed by atoms with E-state index in [2.05, 4.69) is 0 Å². The zero-order chi connectivity index (χ0) is 13.6. The van der Waals surface area contributed by atoms with Crippen LogP contribution in [0, 0.1) is 0 Å². The van der Waals surface area contributed by atoms with E-state index in [9.17, 15) is 14.4 Å². The molecule has 6 heteroatoms. The van der Waals surface area contributed by atoms with Crippen LogP contribution in [0.3, 0.4) is 0 Å². The highest BCUT2D eigenvalue weighted by Gasteiger charge is 2.31. The van der Waals surface area contributed by atoms with Crippen molar-refractivity contribution in [3.63, 3.8) is 0 Å². The number of primary amides is 1. The van der Waals surface area contributed by atoms with Crippen molar-refractivity contribution >= 4 is 11.8 Å². The number of nitrogens with two attached hydrogens (primary N) is 1. The molecule has 98 valence electrons. The number of nitrogens with zero attached hydrogens (tertiary/aromatic N) is 2. The molecule has 1 atom stereocenters. The summed E-state index contributed by atoms with van der Waals surface area (Å²) in [4.78, 5) is 36.9. The first-order valence-corrected chi connectivity index (χ1v) is 6.08. The lowest BCUT2D eigenvalue weighted by atomic mass is 10.1. The first kappa shape index (κ1) is 11.7. The molecule has 0 aliphatic carbocycles. The highest BCUT2D eigenvalue weighted by Crippen LogP contribution is 2.25. The number of amides is 2. The van der Waals surface area contributed by atoms with Gasteiger partial charge in [0.1, 0.15) is 11.3 Å². The number of allylic oxidation sites excluding steroid dienone is 1. The van der Waals surface area contributed by atoms with Gasteiger partial charge in [-0.1, -0.05) is 12.2 Å². The van der Waals surface area contributed by atoms with Gasteiger partial charge >= 0.3 is 0 Å². The minimum Gasteiger partial charge on any atom is -0.365 e. The van der Waals surface area contributed by atoms with Gasteiger partial charge in [-0.25, -0.2) is 0 Å². The Labute approximate surface area is 109 Å². The number of hydrogen-bond acceptors (Lipinski definition) is 3. The predicted octanol–water partition coefficient (Wildman–Crippen LogP) is -0.0960. The van der Waals surface area contributed by atoms with Gasteiger partial charge < -0.3 is 15.2 Å². The summed E-state index contributed by atoms with van der Waals surface area (Å²) < 4.78 is 1.70. The summed E-state index contributed by atoms with van der Waals surface area (Å²) in [7, 11) is 0. The number of rotatable bonds is 1. The Morgan fingerprint density at radius 3 is 2.84 bits per heavy atom. The van der Waals surface area contributed by atoms with Crippen LogP contribution in [0.4, 0.5) is 0 Å². The molecule has 19 heavy (non-hydrogen) atoms. The molecule has 1 aromatic rings. The lowest BCUT2D eigenvalue weighted by molar-refractivity contribution is 0.0694. The molecule has 0 saturated heterocycles. The zero-order valence-electron chi connectivity index (χ0n) is 10.2. The van der Waals surface area contributed by atoms with Gasteiger partial charge in [0.15, 0.2) is 5.43 Å². The van der Waals surface area contributed by atoms with E-state index in [-0.39, 0.29) is 17.5 Å². The number of fused-ring (bicyclic) bond motifs is 4. The fourth-order valence-electron chi connectivity index (χ4n) is 2.60. The van der Waals surface area contributed by atoms with Crippen molar-refractivity contribution in [1.82, 2.24) is 9.47 Å².